The highest BCUT2D eigenvalue weighted by molar-refractivity contribution is 7.89. The van der Waals surface area contributed by atoms with Gasteiger partial charge in [0.1, 0.15) is 24.7 Å². The number of carbonyl (C=O) groups excluding carboxylic acids is 2. The number of fused-ring (bicyclic) bond motifs is 1. The number of sulfonamides is 1. The standard InChI is InChI=1S/C29H36ClN7O4S/c1-19(2)12-25(35-42(40,41)24-7-5-20-9-10-31-15-21(20)14-24)29(39)36-11-3-4-27(36)28(38)33-16-22-13-23(30)6-8-26(22)37-18-32-17-34-37/h5-8,13-14,17-19,25,27,31,35H,3-4,9-12,15-16H2,1-2H3,(H,33,38)/t25-,27-/m0/s1. The van der Waals surface area contributed by atoms with Gasteiger partial charge in [0, 0.05) is 24.7 Å². The number of amides is 2. The van der Waals surface area contributed by atoms with E-state index in [1.54, 1.807) is 41.3 Å². The van der Waals surface area contributed by atoms with Gasteiger partial charge in [0.15, 0.2) is 0 Å². The molecule has 1 saturated heterocycles. The lowest BCUT2D eigenvalue weighted by atomic mass is 10.0. The van der Waals surface area contributed by atoms with Crippen LogP contribution in [0.4, 0.5) is 0 Å². The Balaban J connectivity index is 1.30. The van der Waals surface area contributed by atoms with Crippen LogP contribution in [-0.4, -0.2) is 65.1 Å². The Labute approximate surface area is 251 Å². The molecule has 3 aromatic rings. The maximum absolute atomic E-state index is 13.8. The number of rotatable bonds is 10. The van der Waals surface area contributed by atoms with E-state index in [4.69, 9.17) is 11.6 Å². The van der Waals surface area contributed by atoms with Crippen molar-refractivity contribution in [3.8, 4) is 5.69 Å². The molecule has 5 rings (SSSR count). The molecule has 42 heavy (non-hydrogen) atoms. The number of carbonyl (C=O) groups is 2. The van der Waals surface area contributed by atoms with E-state index in [9.17, 15) is 18.0 Å². The minimum absolute atomic E-state index is 0.0438. The van der Waals surface area contributed by atoms with E-state index in [0.29, 0.717) is 37.4 Å². The Bertz CT molecular complexity index is 1550. The van der Waals surface area contributed by atoms with Crippen LogP contribution < -0.4 is 15.4 Å². The summed E-state index contributed by atoms with van der Waals surface area (Å²) in [4.78, 5) is 32.9. The molecule has 2 aliphatic heterocycles. The zero-order valence-corrected chi connectivity index (χ0v) is 25.3. The van der Waals surface area contributed by atoms with Crippen molar-refractivity contribution in [1.82, 2.24) is 35.0 Å². The van der Waals surface area contributed by atoms with Crippen molar-refractivity contribution in [3.05, 3.63) is 70.8 Å². The summed E-state index contributed by atoms with van der Waals surface area (Å²) < 4.78 is 31.2. The van der Waals surface area contributed by atoms with Crippen LogP contribution in [0.5, 0.6) is 0 Å². The first-order valence-electron chi connectivity index (χ1n) is 14.2. The minimum Gasteiger partial charge on any atom is -0.350 e. The summed E-state index contributed by atoms with van der Waals surface area (Å²) in [5.74, 6) is -0.656. The van der Waals surface area contributed by atoms with Crippen LogP contribution in [0.25, 0.3) is 5.69 Å². The number of nitrogens with one attached hydrogen (secondary N) is 3. The SMILES string of the molecule is CC(C)C[C@H](NS(=O)(=O)c1ccc2c(c1)CNCC2)C(=O)N1CCC[C@H]1C(=O)NCc1cc(Cl)ccc1-n1cncn1. The monoisotopic (exact) mass is 613 g/mol. The summed E-state index contributed by atoms with van der Waals surface area (Å²) >= 11 is 6.22. The lowest BCUT2D eigenvalue weighted by molar-refractivity contribution is -0.140. The maximum atomic E-state index is 13.8. The van der Waals surface area contributed by atoms with Crippen molar-refractivity contribution in [2.24, 2.45) is 5.92 Å². The summed E-state index contributed by atoms with van der Waals surface area (Å²) in [7, 11) is -3.98. The largest absolute Gasteiger partial charge is 0.350 e. The second-order valence-corrected chi connectivity index (χ2v) is 13.3. The summed E-state index contributed by atoms with van der Waals surface area (Å²) in [6, 6.07) is 8.70. The van der Waals surface area contributed by atoms with Gasteiger partial charge in [-0.3, -0.25) is 9.59 Å². The van der Waals surface area contributed by atoms with Gasteiger partial charge < -0.3 is 15.5 Å². The lowest BCUT2D eigenvalue weighted by Gasteiger charge is -2.29. The highest BCUT2D eigenvalue weighted by Crippen LogP contribution is 2.24. The van der Waals surface area contributed by atoms with E-state index in [2.05, 4.69) is 25.4 Å². The third-order valence-corrected chi connectivity index (χ3v) is 9.38. The quantitative estimate of drug-likeness (QED) is 0.319. The van der Waals surface area contributed by atoms with Crippen molar-refractivity contribution in [2.45, 2.75) is 69.6 Å². The topological polar surface area (TPSA) is 138 Å². The molecule has 1 aromatic heterocycles. The van der Waals surface area contributed by atoms with Gasteiger partial charge in [-0.25, -0.2) is 18.1 Å². The van der Waals surface area contributed by atoms with E-state index in [-0.39, 0.29) is 23.3 Å². The fourth-order valence-corrected chi connectivity index (χ4v) is 7.05. The van der Waals surface area contributed by atoms with Gasteiger partial charge in [-0.05, 0) is 85.2 Å². The van der Waals surface area contributed by atoms with E-state index >= 15 is 0 Å². The third-order valence-electron chi connectivity index (χ3n) is 7.68. The van der Waals surface area contributed by atoms with Crippen molar-refractivity contribution < 1.29 is 18.0 Å². The second kappa shape index (κ2) is 12.9. The van der Waals surface area contributed by atoms with Crippen LogP contribution in [0.3, 0.4) is 0 Å². The van der Waals surface area contributed by atoms with Crippen LogP contribution >= 0.6 is 11.6 Å². The van der Waals surface area contributed by atoms with Gasteiger partial charge in [-0.1, -0.05) is 31.5 Å². The van der Waals surface area contributed by atoms with E-state index in [0.717, 1.165) is 35.3 Å². The first-order valence-corrected chi connectivity index (χ1v) is 16.0. The number of likely N-dealkylation sites (tertiary alicyclic amines) is 1. The average Bonchev–Trinajstić information content (AvgIpc) is 3.68. The molecule has 0 radical (unpaired) electrons. The van der Waals surface area contributed by atoms with Gasteiger partial charge in [-0.2, -0.15) is 9.82 Å². The summed E-state index contributed by atoms with van der Waals surface area (Å²) in [5.41, 5.74) is 3.53. The van der Waals surface area contributed by atoms with E-state index in [1.807, 2.05) is 19.9 Å². The van der Waals surface area contributed by atoms with Crippen LogP contribution in [0, 0.1) is 5.92 Å². The summed E-state index contributed by atoms with van der Waals surface area (Å²) in [6.45, 7) is 5.87. The number of hydrogen-bond donors (Lipinski definition) is 3. The Morgan fingerprint density at radius 3 is 2.76 bits per heavy atom. The molecule has 0 saturated carbocycles. The molecule has 2 aromatic carbocycles. The highest BCUT2D eigenvalue weighted by Gasteiger charge is 2.39. The molecule has 3 heterocycles. The van der Waals surface area contributed by atoms with Gasteiger partial charge in [0.25, 0.3) is 0 Å². The molecule has 0 bridgehead atoms. The molecule has 1 fully saturated rings. The molecule has 0 unspecified atom stereocenters. The fraction of sp³-hybridized carbons (Fsp3) is 0.448. The van der Waals surface area contributed by atoms with E-state index in [1.165, 1.54) is 11.2 Å². The van der Waals surface area contributed by atoms with Gasteiger partial charge in [0.2, 0.25) is 21.8 Å². The molecular weight excluding hydrogens is 578 g/mol. The summed E-state index contributed by atoms with van der Waals surface area (Å²) in [5, 5.41) is 10.9. The third kappa shape index (κ3) is 6.83. The van der Waals surface area contributed by atoms with Gasteiger partial charge >= 0.3 is 0 Å². The van der Waals surface area contributed by atoms with Crippen LogP contribution in [0.2, 0.25) is 5.02 Å². The Kier molecular flexibility index (Phi) is 9.26. The first-order chi connectivity index (χ1) is 20.1. The molecule has 0 spiro atoms. The van der Waals surface area contributed by atoms with Crippen LogP contribution in [0.1, 0.15) is 49.8 Å². The Hall–Kier alpha value is -3.32. The predicted octanol–water partition coefficient (Wildman–Crippen LogP) is 2.57. The molecule has 2 aliphatic rings. The number of aromatic nitrogens is 3. The molecule has 2 atom stereocenters. The molecular formula is C29H36ClN7O4S. The lowest BCUT2D eigenvalue weighted by Crippen LogP contribution is -2.53. The van der Waals surface area contributed by atoms with Crippen LogP contribution in [0.15, 0.2) is 53.9 Å². The molecule has 2 amide bonds. The number of hydrogen-bond acceptors (Lipinski definition) is 7. The molecule has 13 heteroatoms. The first kappa shape index (κ1) is 30.1. The molecule has 3 N–H and O–H groups in total. The van der Waals surface area contributed by atoms with Crippen molar-refractivity contribution in [2.75, 3.05) is 13.1 Å². The van der Waals surface area contributed by atoms with E-state index < -0.39 is 28.0 Å². The number of benzene rings is 2. The molecule has 0 aliphatic carbocycles. The number of nitrogens with zero attached hydrogens (tertiary/aromatic N) is 4. The van der Waals surface area contributed by atoms with Crippen molar-refractivity contribution in [1.29, 1.82) is 0 Å². The number of halogens is 1. The molecule has 11 nitrogen and oxygen atoms in total. The zero-order chi connectivity index (χ0) is 29.9. The Morgan fingerprint density at radius 1 is 1.17 bits per heavy atom. The van der Waals surface area contributed by atoms with Crippen molar-refractivity contribution >= 4 is 33.4 Å². The predicted molar refractivity (Wildman–Crippen MR) is 158 cm³/mol. The second-order valence-electron chi connectivity index (χ2n) is 11.2. The van der Waals surface area contributed by atoms with Crippen molar-refractivity contribution in [3.63, 3.8) is 0 Å². The highest BCUT2D eigenvalue weighted by atomic mass is 35.5. The Morgan fingerprint density at radius 2 is 2.00 bits per heavy atom. The van der Waals surface area contributed by atoms with Crippen LogP contribution in [-0.2, 0) is 39.1 Å². The normalized spacial score (nSPS) is 17.7. The minimum atomic E-state index is -3.98. The zero-order valence-electron chi connectivity index (χ0n) is 23.7. The van der Waals surface area contributed by atoms with Gasteiger partial charge in [-0.15, -0.1) is 0 Å². The summed E-state index contributed by atoms with van der Waals surface area (Å²) in [6.07, 6.45) is 5.26. The maximum Gasteiger partial charge on any atom is 0.243 e. The fourth-order valence-electron chi connectivity index (χ4n) is 5.61. The van der Waals surface area contributed by atoms with Gasteiger partial charge in [0.05, 0.1) is 10.6 Å². The molecule has 224 valence electrons. The average molecular weight is 614 g/mol. The smallest absolute Gasteiger partial charge is 0.243 e.